The molecule has 0 saturated carbocycles. The second-order valence-corrected chi connectivity index (χ2v) is 0.610. The largest absolute Gasteiger partial charge is 2.00 e. The Bertz CT molecular complexity index is 97.1. The Hall–Kier alpha value is 1.33. The van der Waals surface area contributed by atoms with E-state index in [-0.39, 0.29) is 78.6 Å². The van der Waals surface area contributed by atoms with Crippen LogP contribution in [0.2, 0.25) is 0 Å². The van der Waals surface area contributed by atoms with Crippen LogP contribution >= 0.6 is 0 Å². The number of carbonyl (C=O) groups is 2. The summed E-state index contributed by atoms with van der Waals surface area (Å²) in [6.45, 7) is 0. The number of carboxylic acids is 2. The van der Waals surface area contributed by atoms with Gasteiger partial charge < -0.3 is 13.1 Å². The Morgan fingerprint density at radius 3 is 1.20 bits per heavy atom. The van der Waals surface area contributed by atoms with Gasteiger partial charge in [-0.3, -0.25) is 0 Å². The zero-order valence-corrected chi connectivity index (χ0v) is 9.69. The van der Waals surface area contributed by atoms with E-state index >= 15 is 0 Å². The molecule has 2 N–H and O–H groups in total. The van der Waals surface area contributed by atoms with Gasteiger partial charge in [-0.2, -0.15) is 0 Å². The second-order valence-electron chi connectivity index (χ2n) is 0.610. The molecule has 0 atom stereocenters. The van der Waals surface area contributed by atoms with E-state index in [2.05, 4.69) is 0 Å². The smallest absolute Gasteiger partial charge is 1.00 e. The maximum Gasteiger partial charge on any atom is 2.00 e. The Morgan fingerprint density at radius 1 is 1.10 bits per heavy atom. The summed E-state index contributed by atoms with van der Waals surface area (Å²) in [5.41, 5.74) is 0. The molecule has 10 heavy (non-hydrogen) atoms. The fraction of sp³-hybridized carbons (Fsp3) is 0. The van der Waals surface area contributed by atoms with Crippen LogP contribution in [-0.2, 0) is 62.3 Å². The van der Waals surface area contributed by atoms with Gasteiger partial charge in [-0.15, -0.1) is 0 Å². The maximum atomic E-state index is 9.10. The van der Waals surface area contributed by atoms with E-state index in [1.54, 1.807) is 0 Å². The van der Waals surface area contributed by atoms with E-state index in [0.29, 0.717) is 0 Å². The standard InChI is InChI=1S/C2H2O4.Fe.Mg.Mn.V.2H/c3-1(4)2(5)6;;;;;;/h(H,3,4)(H,5,6);;;;;;/q;;+2;;;2*-1. The van der Waals surface area contributed by atoms with Gasteiger partial charge in [0.25, 0.3) is 0 Å². The van der Waals surface area contributed by atoms with Crippen LogP contribution in [0, 0.1) is 0 Å². The number of hydrogen-bond acceptors (Lipinski definition) is 2. The molecular weight excluding hydrogens is 274 g/mol. The van der Waals surface area contributed by atoms with Crippen LogP contribution < -0.4 is 0 Å². The molecule has 0 aliphatic rings. The summed E-state index contributed by atoms with van der Waals surface area (Å²) in [6, 6.07) is 0. The molecule has 0 heterocycles. The number of aliphatic carboxylic acids is 2. The van der Waals surface area contributed by atoms with Crippen molar-refractivity contribution in [2.75, 3.05) is 0 Å². The van der Waals surface area contributed by atoms with Gasteiger partial charge in [0.15, 0.2) is 0 Å². The van der Waals surface area contributed by atoms with Crippen LogP contribution in [0.5, 0.6) is 0 Å². The molecule has 0 spiro atoms. The molecule has 0 fully saturated rings. The van der Waals surface area contributed by atoms with E-state index in [9.17, 15) is 0 Å². The molecule has 0 amide bonds. The van der Waals surface area contributed by atoms with Gasteiger partial charge in [0, 0.05) is 52.7 Å². The fourth-order valence-corrected chi connectivity index (χ4v) is 0. The first kappa shape index (κ1) is 30.2. The van der Waals surface area contributed by atoms with Crippen molar-refractivity contribution in [1.82, 2.24) is 0 Å². The van der Waals surface area contributed by atoms with E-state index in [1.807, 2.05) is 0 Å². The average molecular weight is 278 g/mol. The Labute approximate surface area is 109 Å². The van der Waals surface area contributed by atoms with Gasteiger partial charge in [0.2, 0.25) is 0 Å². The van der Waals surface area contributed by atoms with Crippen molar-refractivity contribution in [3.05, 3.63) is 0 Å². The molecule has 0 aromatic rings. The molecule has 2 radical (unpaired) electrons. The van der Waals surface area contributed by atoms with Crippen LogP contribution in [0.3, 0.4) is 0 Å². The summed E-state index contributed by atoms with van der Waals surface area (Å²) in [7, 11) is 0. The zero-order chi connectivity index (χ0) is 5.15. The summed E-state index contributed by atoms with van der Waals surface area (Å²) in [6.07, 6.45) is 0. The maximum absolute atomic E-state index is 9.10. The molecule has 0 bridgehead atoms. The van der Waals surface area contributed by atoms with Crippen LogP contribution in [0.15, 0.2) is 0 Å². The summed E-state index contributed by atoms with van der Waals surface area (Å²) in [4.78, 5) is 18.2. The quantitative estimate of drug-likeness (QED) is 0.440. The zero-order valence-electron chi connectivity index (χ0n) is 6.60. The van der Waals surface area contributed by atoms with Gasteiger partial charge in [-0.1, -0.05) is 0 Å². The van der Waals surface area contributed by atoms with Gasteiger partial charge >= 0.3 is 35.0 Å². The van der Waals surface area contributed by atoms with Crippen LogP contribution in [0.25, 0.3) is 0 Å². The summed E-state index contributed by atoms with van der Waals surface area (Å²) in [5, 5.41) is 14.8. The van der Waals surface area contributed by atoms with Crippen molar-refractivity contribution in [3.63, 3.8) is 0 Å². The Morgan fingerprint density at radius 2 is 1.20 bits per heavy atom. The van der Waals surface area contributed by atoms with Crippen molar-refractivity contribution < 1.29 is 75.3 Å². The predicted molar refractivity (Wildman–Crippen MR) is 23.2 cm³/mol. The monoisotopic (exact) mass is 278 g/mol. The molecule has 0 rings (SSSR count). The minimum Gasteiger partial charge on any atom is -1.00 e. The molecular formula is C2H4FeMgMnO4V. The van der Waals surface area contributed by atoms with Crippen LogP contribution in [0.1, 0.15) is 2.85 Å². The number of hydrogen-bond donors (Lipinski definition) is 2. The van der Waals surface area contributed by atoms with Crippen molar-refractivity contribution in [2.24, 2.45) is 0 Å². The number of carboxylic acid groups (broad SMARTS) is 2. The minimum atomic E-state index is -1.82. The van der Waals surface area contributed by atoms with E-state index in [4.69, 9.17) is 19.8 Å². The Balaban J connectivity index is -0.00000000833. The van der Waals surface area contributed by atoms with Crippen molar-refractivity contribution in [1.29, 1.82) is 0 Å². The molecule has 0 aromatic carbocycles. The molecule has 0 aliphatic heterocycles. The molecule has 8 heteroatoms. The molecule has 4 nitrogen and oxygen atoms in total. The van der Waals surface area contributed by atoms with Gasteiger partial charge in [0.05, 0.1) is 0 Å². The van der Waals surface area contributed by atoms with E-state index in [1.165, 1.54) is 0 Å². The second kappa shape index (κ2) is 16.7. The van der Waals surface area contributed by atoms with Gasteiger partial charge in [-0.25, -0.2) is 9.59 Å². The molecule has 58 valence electrons. The molecule has 0 aromatic heterocycles. The van der Waals surface area contributed by atoms with Crippen molar-refractivity contribution in [3.8, 4) is 0 Å². The minimum absolute atomic E-state index is 0. The summed E-state index contributed by atoms with van der Waals surface area (Å²) < 4.78 is 0. The van der Waals surface area contributed by atoms with E-state index < -0.39 is 11.9 Å². The fourth-order valence-electron chi connectivity index (χ4n) is 0. The Kier molecular flexibility index (Phi) is 50.5. The van der Waals surface area contributed by atoms with Crippen LogP contribution in [-0.4, -0.2) is 45.2 Å². The molecule has 0 aliphatic carbocycles. The summed E-state index contributed by atoms with van der Waals surface area (Å²) >= 11 is 0. The molecule has 0 unspecified atom stereocenters. The first-order valence-electron chi connectivity index (χ1n) is 1.11. The summed E-state index contributed by atoms with van der Waals surface area (Å²) in [5.74, 6) is -3.65. The van der Waals surface area contributed by atoms with Gasteiger partial charge in [0.1, 0.15) is 0 Å². The topological polar surface area (TPSA) is 74.6 Å². The van der Waals surface area contributed by atoms with E-state index in [0.717, 1.165) is 0 Å². The first-order valence-corrected chi connectivity index (χ1v) is 1.11. The number of rotatable bonds is 0. The van der Waals surface area contributed by atoms with Crippen molar-refractivity contribution in [2.45, 2.75) is 0 Å². The SMILES string of the molecule is O=C(O)C(=O)O.[Fe].[H-].[H-].[Mg+2].[Mn].[V]. The average Bonchev–Trinajstić information content (AvgIpc) is 1.36. The third kappa shape index (κ3) is 22.8. The molecule has 0 saturated heterocycles. The third-order valence-electron chi connectivity index (χ3n) is 0.183. The van der Waals surface area contributed by atoms with Crippen molar-refractivity contribution >= 4 is 35.0 Å². The first-order chi connectivity index (χ1) is 2.64. The predicted octanol–water partition coefficient (Wildman–Crippen LogP) is -1.01. The van der Waals surface area contributed by atoms with Crippen LogP contribution in [0.4, 0.5) is 0 Å². The third-order valence-corrected chi connectivity index (χ3v) is 0.183. The normalized spacial score (nSPS) is 4.40. The van der Waals surface area contributed by atoms with Gasteiger partial charge in [-0.05, 0) is 0 Å².